The van der Waals surface area contributed by atoms with Gasteiger partial charge in [0.2, 0.25) is 0 Å². The number of nitrogens with two attached hydrogens (primary N) is 1. The lowest BCUT2D eigenvalue weighted by atomic mass is 10.0. The van der Waals surface area contributed by atoms with E-state index in [4.69, 9.17) is 26.8 Å². The van der Waals surface area contributed by atoms with Gasteiger partial charge in [-0.25, -0.2) is 0 Å². The molecule has 0 unspecified atom stereocenters. The Morgan fingerprint density at radius 3 is 2.58 bits per heavy atom. The summed E-state index contributed by atoms with van der Waals surface area (Å²) in [5.41, 5.74) is 7.89. The van der Waals surface area contributed by atoms with Crippen molar-refractivity contribution in [2.24, 2.45) is 0 Å². The van der Waals surface area contributed by atoms with E-state index in [1.807, 2.05) is 18.2 Å². The van der Waals surface area contributed by atoms with Gasteiger partial charge in [-0.1, -0.05) is 11.6 Å². The Hall–Kier alpha value is -0.810. The molecule has 19 heavy (non-hydrogen) atoms. The van der Waals surface area contributed by atoms with Crippen molar-refractivity contribution in [3.63, 3.8) is 0 Å². The van der Waals surface area contributed by atoms with Crippen LogP contribution in [0.1, 0.15) is 18.4 Å². The molecular formula is C14H19ClN2O2. The lowest BCUT2D eigenvalue weighted by Gasteiger charge is -2.37. The average Bonchev–Trinajstić information content (AvgIpc) is 2.85. The van der Waals surface area contributed by atoms with Crippen LogP contribution in [0, 0.1) is 0 Å². The minimum Gasteiger partial charge on any atom is -0.398 e. The normalized spacial score (nSPS) is 23.0. The summed E-state index contributed by atoms with van der Waals surface area (Å²) in [4.78, 5) is 2.37. The van der Waals surface area contributed by atoms with E-state index in [1.165, 1.54) is 0 Å². The molecule has 1 spiro atoms. The molecule has 5 heteroatoms. The highest BCUT2D eigenvalue weighted by atomic mass is 35.5. The third-order valence-electron chi connectivity index (χ3n) is 3.93. The van der Waals surface area contributed by atoms with Crippen LogP contribution >= 0.6 is 11.6 Å². The second kappa shape index (κ2) is 5.29. The van der Waals surface area contributed by atoms with Gasteiger partial charge in [-0.15, -0.1) is 0 Å². The number of rotatable bonds is 2. The maximum atomic E-state index is 6.02. The van der Waals surface area contributed by atoms with Gasteiger partial charge in [0.15, 0.2) is 5.79 Å². The molecule has 2 aliphatic heterocycles. The van der Waals surface area contributed by atoms with Crippen LogP contribution in [-0.4, -0.2) is 37.0 Å². The van der Waals surface area contributed by atoms with Crippen molar-refractivity contribution >= 4 is 17.3 Å². The van der Waals surface area contributed by atoms with E-state index in [0.717, 1.165) is 62.0 Å². The van der Waals surface area contributed by atoms with Gasteiger partial charge in [-0.05, 0) is 23.8 Å². The van der Waals surface area contributed by atoms with Crippen molar-refractivity contribution in [2.45, 2.75) is 25.2 Å². The number of ether oxygens (including phenoxy) is 2. The van der Waals surface area contributed by atoms with E-state index >= 15 is 0 Å². The molecule has 0 amide bonds. The summed E-state index contributed by atoms with van der Waals surface area (Å²) in [6, 6.07) is 5.64. The zero-order valence-electron chi connectivity index (χ0n) is 10.9. The van der Waals surface area contributed by atoms with Crippen molar-refractivity contribution in [3.05, 3.63) is 28.8 Å². The van der Waals surface area contributed by atoms with E-state index < -0.39 is 0 Å². The summed E-state index contributed by atoms with van der Waals surface area (Å²) in [7, 11) is 0. The van der Waals surface area contributed by atoms with Crippen LogP contribution in [0.3, 0.4) is 0 Å². The Bertz CT molecular complexity index is 451. The van der Waals surface area contributed by atoms with Gasteiger partial charge in [0.1, 0.15) is 0 Å². The fraction of sp³-hybridized carbons (Fsp3) is 0.571. The molecule has 1 aromatic carbocycles. The number of nitrogen functional groups attached to an aromatic ring is 1. The fourth-order valence-electron chi connectivity index (χ4n) is 2.79. The Balaban J connectivity index is 1.61. The number of anilines is 1. The number of hydrogen-bond acceptors (Lipinski definition) is 4. The molecular weight excluding hydrogens is 264 g/mol. The number of hydrogen-bond donors (Lipinski definition) is 1. The maximum Gasteiger partial charge on any atom is 0.170 e. The summed E-state index contributed by atoms with van der Waals surface area (Å²) in [6.45, 7) is 4.21. The SMILES string of the molecule is Nc1ccc(Cl)cc1CN1CCC2(CC1)OCCO2. The molecule has 2 aliphatic rings. The van der Waals surface area contributed by atoms with Gasteiger partial charge in [0.25, 0.3) is 0 Å². The Morgan fingerprint density at radius 2 is 1.89 bits per heavy atom. The Morgan fingerprint density at radius 1 is 1.21 bits per heavy atom. The Labute approximate surface area is 118 Å². The van der Waals surface area contributed by atoms with Crippen LogP contribution in [0.4, 0.5) is 5.69 Å². The third-order valence-corrected chi connectivity index (χ3v) is 4.17. The first-order valence-corrected chi connectivity index (χ1v) is 7.09. The molecule has 3 rings (SSSR count). The molecule has 0 aromatic heterocycles. The van der Waals surface area contributed by atoms with Crippen LogP contribution in [0.2, 0.25) is 5.02 Å². The first-order chi connectivity index (χ1) is 9.17. The molecule has 104 valence electrons. The van der Waals surface area contributed by atoms with Crippen LogP contribution in [0.5, 0.6) is 0 Å². The number of benzene rings is 1. The molecule has 0 saturated carbocycles. The maximum absolute atomic E-state index is 6.02. The minimum atomic E-state index is -0.309. The molecule has 0 bridgehead atoms. The topological polar surface area (TPSA) is 47.7 Å². The monoisotopic (exact) mass is 282 g/mol. The number of likely N-dealkylation sites (tertiary alicyclic amines) is 1. The second-order valence-electron chi connectivity index (χ2n) is 5.23. The third kappa shape index (κ3) is 2.87. The van der Waals surface area contributed by atoms with Crippen molar-refractivity contribution in [1.29, 1.82) is 0 Å². The molecule has 0 atom stereocenters. The van der Waals surface area contributed by atoms with E-state index in [9.17, 15) is 0 Å². The van der Waals surface area contributed by atoms with E-state index in [0.29, 0.717) is 0 Å². The van der Waals surface area contributed by atoms with Crippen LogP contribution in [0.15, 0.2) is 18.2 Å². The molecule has 0 radical (unpaired) electrons. The molecule has 2 saturated heterocycles. The van der Waals surface area contributed by atoms with Gasteiger partial charge in [0.05, 0.1) is 13.2 Å². The summed E-state index contributed by atoms with van der Waals surface area (Å²) < 4.78 is 11.5. The van der Waals surface area contributed by atoms with Crippen molar-refractivity contribution in [1.82, 2.24) is 4.90 Å². The highest BCUT2D eigenvalue weighted by Crippen LogP contribution is 2.32. The first kappa shape index (κ1) is 13.2. The highest BCUT2D eigenvalue weighted by molar-refractivity contribution is 6.30. The van der Waals surface area contributed by atoms with E-state index in [2.05, 4.69) is 4.90 Å². The zero-order valence-corrected chi connectivity index (χ0v) is 11.7. The molecule has 0 aliphatic carbocycles. The standard InChI is InChI=1S/C14H19ClN2O2/c15-12-1-2-13(16)11(9-12)10-17-5-3-14(4-6-17)18-7-8-19-14/h1-2,9H,3-8,10,16H2. The van der Waals surface area contributed by atoms with Gasteiger partial charge in [-0.2, -0.15) is 0 Å². The zero-order chi connectivity index (χ0) is 13.3. The summed E-state index contributed by atoms with van der Waals surface area (Å²) in [5.74, 6) is -0.309. The molecule has 1 aromatic rings. The second-order valence-corrected chi connectivity index (χ2v) is 5.66. The van der Waals surface area contributed by atoms with E-state index in [-0.39, 0.29) is 5.79 Å². The number of halogens is 1. The predicted molar refractivity (Wildman–Crippen MR) is 75.0 cm³/mol. The lowest BCUT2D eigenvalue weighted by molar-refractivity contribution is -0.185. The fourth-order valence-corrected chi connectivity index (χ4v) is 2.98. The van der Waals surface area contributed by atoms with Crippen molar-refractivity contribution in [2.75, 3.05) is 32.0 Å². The van der Waals surface area contributed by atoms with Gasteiger partial charge in [-0.3, -0.25) is 4.90 Å². The quantitative estimate of drug-likeness (QED) is 0.846. The van der Waals surface area contributed by atoms with Crippen molar-refractivity contribution in [3.8, 4) is 0 Å². The molecule has 2 N–H and O–H groups in total. The summed E-state index contributed by atoms with van der Waals surface area (Å²) in [6.07, 6.45) is 1.85. The Kier molecular flexibility index (Phi) is 3.67. The van der Waals surface area contributed by atoms with Crippen molar-refractivity contribution < 1.29 is 9.47 Å². The molecule has 2 heterocycles. The average molecular weight is 283 g/mol. The highest BCUT2D eigenvalue weighted by Gasteiger charge is 2.39. The number of nitrogens with zero attached hydrogens (tertiary/aromatic N) is 1. The number of piperidine rings is 1. The van der Waals surface area contributed by atoms with Gasteiger partial charge in [0, 0.05) is 43.2 Å². The molecule has 2 fully saturated rings. The smallest absolute Gasteiger partial charge is 0.170 e. The van der Waals surface area contributed by atoms with E-state index in [1.54, 1.807) is 0 Å². The predicted octanol–water partition coefficient (Wildman–Crippen LogP) is 2.26. The van der Waals surface area contributed by atoms with Gasteiger partial charge < -0.3 is 15.2 Å². The van der Waals surface area contributed by atoms with Gasteiger partial charge >= 0.3 is 0 Å². The van der Waals surface area contributed by atoms with Crippen LogP contribution in [-0.2, 0) is 16.0 Å². The van der Waals surface area contributed by atoms with Crippen LogP contribution < -0.4 is 5.73 Å². The largest absolute Gasteiger partial charge is 0.398 e. The summed E-state index contributed by atoms with van der Waals surface area (Å²) in [5, 5.41) is 0.736. The minimum absolute atomic E-state index is 0.309. The first-order valence-electron chi connectivity index (χ1n) is 6.71. The molecule has 4 nitrogen and oxygen atoms in total. The van der Waals surface area contributed by atoms with Crippen LogP contribution in [0.25, 0.3) is 0 Å². The summed E-state index contributed by atoms with van der Waals surface area (Å²) >= 11 is 6.02. The lowest BCUT2D eigenvalue weighted by Crippen LogP contribution is -2.44.